The lowest BCUT2D eigenvalue weighted by molar-refractivity contribution is -0.136. The predicted octanol–water partition coefficient (Wildman–Crippen LogP) is 3.33. The Morgan fingerprint density at radius 1 is 0.886 bits per heavy atom. The average molecular weight is 472 g/mol. The molecule has 3 aromatic rings. The Bertz CT molecular complexity index is 1240. The molecule has 2 bridgehead atoms. The van der Waals surface area contributed by atoms with Crippen LogP contribution in [0.5, 0.6) is 0 Å². The SMILES string of the molecule is O=C(N[C@H](Cc1ccccc1)C(=O)N1C[C@H]2C[C@H](C1)c1cccc(=O)n1C2)OCc1ccccc1. The topological polar surface area (TPSA) is 80.6 Å². The monoisotopic (exact) mass is 471 g/mol. The molecule has 7 heteroatoms. The maximum absolute atomic E-state index is 13.7. The minimum Gasteiger partial charge on any atom is -0.445 e. The summed E-state index contributed by atoms with van der Waals surface area (Å²) >= 11 is 0. The van der Waals surface area contributed by atoms with Crippen LogP contribution in [0.4, 0.5) is 4.79 Å². The molecule has 5 rings (SSSR count). The second-order valence-electron chi connectivity index (χ2n) is 9.39. The molecule has 1 aromatic heterocycles. The molecule has 2 aliphatic rings. The molecule has 2 aromatic carbocycles. The molecule has 0 radical (unpaired) electrons. The number of hydrogen-bond acceptors (Lipinski definition) is 4. The number of pyridine rings is 1. The van der Waals surface area contributed by atoms with E-state index in [1.807, 2.05) is 76.2 Å². The van der Waals surface area contributed by atoms with E-state index in [0.717, 1.165) is 23.2 Å². The summed E-state index contributed by atoms with van der Waals surface area (Å²) in [5.41, 5.74) is 2.84. The summed E-state index contributed by atoms with van der Waals surface area (Å²) in [6.07, 6.45) is 0.725. The quantitative estimate of drug-likeness (QED) is 0.598. The standard InChI is InChI=1S/C28H29N3O4/c32-26-13-7-12-25-23-14-22(17-31(25)26)16-30(18-23)27(33)24(15-20-8-3-1-4-9-20)29-28(34)35-19-21-10-5-2-6-11-21/h1-13,22-24H,14-19H2,(H,29,34)/t22-,23-,24-/m1/s1. The molecular weight excluding hydrogens is 442 g/mol. The zero-order chi connectivity index (χ0) is 24.2. The van der Waals surface area contributed by atoms with Gasteiger partial charge in [-0.3, -0.25) is 9.59 Å². The molecule has 1 fully saturated rings. The number of alkyl carbamates (subject to hydrolysis) is 1. The van der Waals surface area contributed by atoms with Gasteiger partial charge in [-0.1, -0.05) is 66.7 Å². The van der Waals surface area contributed by atoms with Gasteiger partial charge in [-0.05, 0) is 29.5 Å². The molecular formula is C28H29N3O4. The minimum atomic E-state index is -0.738. The number of ether oxygens (including phenoxy) is 1. The Kier molecular flexibility index (Phi) is 6.66. The fourth-order valence-corrected chi connectivity index (χ4v) is 5.25. The van der Waals surface area contributed by atoms with Crippen LogP contribution in [0.15, 0.2) is 83.7 Å². The molecule has 2 amide bonds. The van der Waals surface area contributed by atoms with Crippen molar-refractivity contribution in [1.82, 2.24) is 14.8 Å². The molecule has 1 N–H and O–H groups in total. The second-order valence-corrected chi connectivity index (χ2v) is 9.39. The van der Waals surface area contributed by atoms with Gasteiger partial charge in [-0.15, -0.1) is 0 Å². The molecule has 2 aliphatic heterocycles. The third-order valence-electron chi connectivity index (χ3n) is 6.88. The van der Waals surface area contributed by atoms with Gasteiger partial charge in [0.05, 0.1) is 0 Å². The lowest BCUT2D eigenvalue weighted by Gasteiger charge is -2.43. The number of carbonyl (C=O) groups is 2. The number of piperidine rings is 1. The number of likely N-dealkylation sites (tertiary alicyclic amines) is 1. The highest BCUT2D eigenvalue weighted by Crippen LogP contribution is 2.35. The van der Waals surface area contributed by atoms with Crippen molar-refractivity contribution in [3.63, 3.8) is 0 Å². The van der Waals surface area contributed by atoms with Crippen molar-refractivity contribution in [3.8, 4) is 0 Å². The van der Waals surface area contributed by atoms with E-state index in [9.17, 15) is 14.4 Å². The fourth-order valence-electron chi connectivity index (χ4n) is 5.25. The molecule has 7 nitrogen and oxygen atoms in total. The zero-order valence-electron chi connectivity index (χ0n) is 19.5. The predicted molar refractivity (Wildman–Crippen MR) is 132 cm³/mol. The van der Waals surface area contributed by atoms with Crippen molar-refractivity contribution < 1.29 is 14.3 Å². The Morgan fingerprint density at radius 3 is 2.34 bits per heavy atom. The maximum atomic E-state index is 13.7. The lowest BCUT2D eigenvalue weighted by Crippen LogP contribution is -2.55. The number of amides is 2. The first-order chi connectivity index (χ1) is 17.1. The highest BCUT2D eigenvalue weighted by Gasteiger charge is 2.38. The third kappa shape index (κ3) is 5.29. The van der Waals surface area contributed by atoms with Crippen LogP contribution in [0.2, 0.25) is 0 Å². The van der Waals surface area contributed by atoms with Crippen molar-refractivity contribution in [1.29, 1.82) is 0 Å². The van der Waals surface area contributed by atoms with Gasteiger partial charge in [0.2, 0.25) is 5.91 Å². The first-order valence-electron chi connectivity index (χ1n) is 12.1. The number of nitrogens with one attached hydrogen (secondary N) is 1. The van der Waals surface area contributed by atoms with Gasteiger partial charge in [-0.2, -0.15) is 0 Å². The molecule has 35 heavy (non-hydrogen) atoms. The van der Waals surface area contributed by atoms with E-state index in [1.54, 1.807) is 12.1 Å². The van der Waals surface area contributed by atoms with Crippen LogP contribution < -0.4 is 10.9 Å². The van der Waals surface area contributed by atoms with E-state index in [0.29, 0.717) is 26.1 Å². The number of aromatic nitrogens is 1. The summed E-state index contributed by atoms with van der Waals surface area (Å²) in [7, 11) is 0. The van der Waals surface area contributed by atoms with Crippen LogP contribution in [0.25, 0.3) is 0 Å². The molecule has 0 saturated carbocycles. The van der Waals surface area contributed by atoms with Crippen molar-refractivity contribution in [2.24, 2.45) is 5.92 Å². The lowest BCUT2D eigenvalue weighted by atomic mass is 9.83. The fraction of sp³-hybridized carbons (Fsp3) is 0.321. The summed E-state index contributed by atoms with van der Waals surface area (Å²) in [6.45, 7) is 1.86. The van der Waals surface area contributed by atoms with Crippen molar-refractivity contribution in [2.75, 3.05) is 13.1 Å². The minimum absolute atomic E-state index is 0.0155. The molecule has 3 heterocycles. The average Bonchev–Trinajstić information content (AvgIpc) is 2.88. The van der Waals surface area contributed by atoms with Crippen molar-refractivity contribution in [3.05, 3.63) is 106 Å². The van der Waals surface area contributed by atoms with Crippen molar-refractivity contribution in [2.45, 2.75) is 38.0 Å². The van der Waals surface area contributed by atoms with E-state index in [4.69, 9.17) is 4.74 Å². The van der Waals surface area contributed by atoms with Gasteiger partial charge in [0.1, 0.15) is 12.6 Å². The Balaban J connectivity index is 1.31. The van der Waals surface area contributed by atoms with Gasteiger partial charge in [-0.25, -0.2) is 4.79 Å². The number of rotatable bonds is 6. The van der Waals surface area contributed by atoms with Crippen LogP contribution in [-0.4, -0.2) is 40.6 Å². The van der Waals surface area contributed by atoms with E-state index in [-0.39, 0.29) is 29.9 Å². The summed E-state index contributed by atoms with van der Waals surface area (Å²) in [5, 5.41) is 2.82. The highest BCUT2D eigenvalue weighted by atomic mass is 16.5. The molecule has 0 aliphatic carbocycles. The normalized spacial score (nSPS) is 19.4. The van der Waals surface area contributed by atoms with Gasteiger partial charge >= 0.3 is 6.09 Å². The number of hydrogen-bond donors (Lipinski definition) is 1. The van der Waals surface area contributed by atoms with Crippen LogP contribution in [0.3, 0.4) is 0 Å². The van der Waals surface area contributed by atoms with Gasteiger partial charge in [0.25, 0.3) is 5.56 Å². The second kappa shape index (κ2) is 10.2. The number of benzene rings is 2. The first-order valence-corrected chi connectivity index (χ1v) is 12.1. The summed E-state index contributed by atoms with van der Waals surface area (Å²) in [5.74, 6) is 0.211. The zero-order valence-corrected chi connectivity index (χ0v) is 19.5. The first kappa shape index (κ1) is 22.9. The van der Waals surface area contributed by atoms with Crippen LogP contribution >= 0.6 is 0 Å². The smallest absolute Gasteiger partial charge is 0.408 e. The Hall–Kier alpha value is -3.87. The number of carbonyl (C=O) groups excluding carboxylic acids is 2. The van der Waals surface area contributed by atoms with Crippen LogP contribution in [0, 0.1) is 5.92 Å². The number of nitrogens with zero attached hydrogens (tertiary/aromatic N) is 2. The third-order valence-corrected chi connectivity index (χ3v) is 6.88. The van der Waals surface area contributed by atoms with Gasteiger partial charge in [0, 0.05) is 43.7 Å². The Morgan fingerprint density at radius 2 is 1.60 bits per heavy atom. The summed E-state index contributed by atoms with van der Waals surface area (Å²) in [4.78, 5) is 40.5. The van der Waals surface area contributed by atoms with Gasteiger partial charge < -0.3 is 19.5 Å². The van der Waals surface area contributed by atoms with E-state index in [2.05, 4.69) is 5.32 Å². The highest BCUT2D eigenvalue weighted by molar-refractivity contribution is 5.86. The molecule has 180 valence electrons. The van der Waals surface area contributed by atoms with Gasteiger partial charge in [0.15, 0.2) is 0 Å². The molecule has 0 spiro atoms. The molecule has 3 atom stereocenters. The van der Waals surface area contributed by atoms with E-state index >= 15 is 0 Å². The maximum Gasteiger partial charge on any atom is 0.408 e. The number of fused-ring (bicyclic) bond motifs is 4. The summed E-state index contributed by atoms with van der Waals surface area (Å²) in [6, 6.07) is 23.7. The van der Waals surface area contributed by atoms with Crippen LogP contribution in [0.1, 0.15) is 29.2 Å². The molecule has 0 unspecified atom stereocenters. The molecule has 1 saturated heterocycles. The van der Waals surface area contributed by atoms with E-state index < -0.39 is 12.1 Å². The van der Waals surface area contributed by atoms with Crippen molar-refractivity contribution >= 4 is 12.0 Å². The summed E-state index contributed by atoms with van der Waals surface area (Å²) < 4.78 is 7.26. The van der Waals surface area contributed by atoms with E-state index in [1.165, 1.54) is 0 Å². The Labute approximate surface area is 204 Å². The van der Waals surface area contributed by atoms with Crippen LogP contribution in [-0.2, 0) is 29.1 Å². The largest absolute Gasteiger partial charge is 0.445 e.